The molecular weight excluding hydrogens is 176 g/mol. The van der Waals surface area contributed by atoms with Crippen LogP contribution in [0.25, 0.3) is 0 Å². The molecule has 74 valence electrons. The molecule has 1 aliphatic carbocycles. The first-order chi connectivity index (χ1) is 6.83. The van der Waals surface area contributed by atoms with Crippen LogP contribution in [-0.2, 0) is 13.5 Å². The maximum Gasteiger partial charge on any atom is 0.100 e. The molecule has 2 rings (SSSR count). The summed E-state index contributed by atoms with van der Waals surface area (Å²) in [6.07, 6.45) is 5.42. The summed E-state index contributed by atoms with van der Waals surface area (Å²) in [7, 11) is 1.92. The average Bonchev–Trinajstić information content (AvgIpc) is 2.76. The lowest BCUT2D eigenvalue weighted by Crippen LogP contribution is -2.04. The van der Waals surface area contributed by atoms with E-state index < -0.39 is 0 Å². The van der Waals surface area contributed by atoms with Gasteiger partial charge < -0.3 is 0 Å². The summed E-state index contributed by atoms with van der Waals surface area (Å²) in [5.41, 5.74) is 2.06. The van der Waals surface area contributed by atoms with Crippen molar-refractivity contribution in [1.82, 2.24) is 15.0 Å². The van der Waals surface area contributed by atoms with E-state index in [2.05, 4.69) is 16.4 Å². The minimum Gasteiger partial charge on any atom is -0.252 e. The zero-order valence-corrected chi connectivity index (χ0v) is 8.40. The van der Waals surface area contributed by atoms with Gasteiger partial charge in [0.25, 0.3) is 0 Å². The summed E-state index contributed by atoms with van der Waals surface area (Å²) in [4.78, 5) is 0. The molecular formula is C10H14N4. The number of aryl methyl sites for hydroxylation is 1. The molecule has 1 aliphatic rings. The topological polar surface area (TPSA) is 54.5 Å². The number of hydrogen-bond acceptors (Lipinski definition) is 3. The van der Waals surface area contributed by atoms with Gasteiger partial charge in [-0.2, -0.15) is 5.26 Å². The van der Waals surface area contributed by atoms with E-state index in [1.807, 2.05) is 11.7 Å². The third-order valence-electron chi connectivity index (χ3n) is 2.93. The quantitative estimate of drug-likeness (QED) is 0.710. The number of rotatable bonds is 2. The van der Waals surface area contributed by atoms with E-state index in [0.717, 1.165) is 5.69 Å². The summed E-state index contributed by atoms with van der Waals surface area (Å²) < 4.78 is 1.84. The van der Waals surface area contributed by atoms with Gasteiger partial charge in [-0.3, -0.25) is 4.68 Å². The zero-order chi connectivity index (χ0) is 9.97. The highest BCUT2D eigenvalue weighted by molar-refractivity contribution is 5.19. The molecule has 4 heteroatoms. The van der Waals surface area contributed by atoms with Gasteiger partial charge in [-0.05, 0) is 12.8 Å². The molecule has 1 aromatic heterocycles. The first-order valence-corrected chi connectivity index (χ1v) is 5.08. The van der Waals surface area contributed by atoms with Crippen molar-refractivity contribution in [2.75, 3.05) is 0 Å². The van der Waals surface area contributed by atoms with Crippen molar-refractivity contribution < 1.29 is 0 Å². The SMILES string of the molecule is Cn1nnc(CC#N)c1C1CCCC1. The van der Waals surface area contributed by atoms with Crippen LogP contribution in [0.1, 0.15) is 43.0 Å². The summed E-state index contributed by atoms with van der Waals surface area (Å²) in [5, 5.41) is 16.7. The number of nitrogens with zero attached hydrogens (tertiary/aromatic N) is 4. The lowest BCUT2D eigenvalue weighted by Gasteiger charge is -2.09. The van der Waals surface area contributed by atoms with Gasteiger partial charge in [-0.25, -0.2) is 0 Å². The molecule has 0 aromatic carbocycles. The lowest BCUT2D eigenvalue weighted by molar-refractivity contribution is 0.605. The molecule has 0 spiro atoms. The van der Waals surface area contributed by atoms with E-state index in [1.54, 1.807) is 0 Å². The third kappa shape index (κ3) is 1.50. The van der Waals surface area contributed by atoms with Gasteiger partial charge in [0.1, 0.15) is 5.69 Å². The molecule has 0 radical (unpaired) electrons. The van der Waals surface area contributed by atoms with Gasteiger partial charge in [-0.1, -0.05) is 18.1 Å². The van der Waals surface area contributed by atoms with E-state index >= 15 is 0 Å². The van der Waals surface area contributed by atoms with Crippen molar-refractivity contribution in [3.8, 4) is 6.07 Å². The fourth-order valence-electron chi connectivity index (χ4n) is 2.31. The Morgan fingerprint density at radius 3 is 2.86 bits per heavy atom. The van der Waals surface area contributed by atoms with Gasteiger partial charge in [0, 0.05) is 13.0 Å². The Balaban J connectivity index is 2.29. The van der Waals surface area contributed by atoms with Gasteiger partial charge >= 0.3 is 0 Å². The first-order valence-electron chi connectivity index (χ1n) is 5.08. The van der Waals surface area contributed by atoms with Gasteiger partial charge in [-0.15, -0.1) is 5.10 Å². The smallest absolute Gasteiger partial charge is 0.100 e. The normalized spacial score (nSPS) is 17.1. The molecule has 0 aliphatic heterocycles. The van der Waals surface area contributed by atoms with E-state index in [9.17, 15) is 0 Å². The number of hydrogen-bond donors (Lipinski definition) is 0. The van der Waals surface area contributed by atoms with Gasteiger partial charge in [0.2, 0.25) is 0 Å². The van der Waals surface area contributed by atoms with Crippen LogP contribution in [0.15, 0.2) is 0 Å². The minimum absolute atomic E-state index is 0.389. The molecule has 0 saturated heterocycles. The minimum atomic E-state index is 0.389. The highest BCUT2D eigenvalue weighted by Gasteiger charge is 2.24. The summed E-state index contributed by atoms with van der Waals surface area (Å²) in [6.45, 7) is 0. The monoisotopic (exact) mass is 190 g/mol. The highest BCUT2D eigenvalue weighted by atomic mass is 15.4. The molecule has 1 saturated carbocycles. The van der Waals surface area contributed by atoms with E-state index in [0.29, 0.717) is 12.3 Å². The van der Waals surface area contributed by atoms with Gasteiger partial charge in [0.15, 0.2) is 0 Å². The van der Waals surface area contributed by atoms with Gasteiger partial charge in [0.05, 0.1) is 18.2 Å². The maximum atomic E-state index is 8.67. The first kappa shape index (κ1) is 9.20. The van der Waals surface area contributed by atoms with E-state index in [1.165, 1.54) is 31.4 Å². The second-order valence-electron chi connectivity index (χ2n) is 3.86. The molecule has 0 atom stereocenters. The van der Waals surface area contributed by atoms with Crippen LogP contribution in [0.5, 0.6) is 0 Å². The van der Waals surface area contributed by atoms with Crippen LogP contribution < -0.4 is 0 Å². The predicted molar refractivity (Wildman–Crippen MR) is 51.5 cm³/mol. The Bertz CT molecular complexity index is 355. The highest BCUT2D eigenvalue weighted by Crippen LogP contribution is 2.34. The number of nitriles is 1. The molecule has 14 heavy (non-hydrogen) atoms. The van der Waals surface area contributed by atoms with Crippen LogP contribution in [0, 0.1) is 11.3 Å². The van der Waals surface area contributed by atoms with Crippen LogP contribution >= 0.6 is 0 Å². The molecule has 0 unspecified atom stereocenters. The van der Waals surface area contributed by atoms with Crippen LogP contribution in [0.3, 0.4) is 0 Å². The molecule has 0 bridgehead atoms. The molecule has 1 aromatic rings. The fourth-order valence-corrected chi connectivity index (χ4v) is 2.31. The predicted octanol–water partition coefficient (Wildman–Crippen LogP) is 1.54. The van der Waals surface area contributed by atoms with Crippen molar-refractivity contribution >= 4 is 0 Å². The van der Waals surface area contributed by atoms with Crippen LogP contribution in [0.2, 0.25) is 0 Å². The molecule has 1 heterocycles. The van der Waals surface area contributed by atoms with Crippen molar-refractivity contribution in [2.24, 2.45) is 7.05 Å². The second kappa shape index (κ2) is 3.79. The average molecular weight is 190 g/mol. The van der Waals surface area contributed by atoms with Crippen molar-refractivity contribution in [2.45, 2.75) is 38.0 Å². The molecule has 0 N–H and O–H groups in total. The Morgan fingerprint density at radius 2 is 2.21 bits per heavy atom. The summed E-state index contributed by atoms with van der Waals surface area (Å²) in [6, 6.07) is 2.15. The van der Waals surface area contributed by atoms with E-state index in [4.69, 9.17) is 5.26 Å². The number of aromatic nitrogens is 3. The second-order valence-corrected chi connectivity index (χ2v) is 3.86. The third-order valence-corrected chi connectivity index (χ3v) is 2.93. The Labute approximate surface area is 83.5 Å². The summed E-state index contributed by atoms with van der Waals surface area (Å²) in [5.74, 6) is 0.582. The van der Waals surface area contributed by atoms with Crippen molar-refractivity contribution in [3.63, 3.8) is 0 Å². The van der Waals surface area contributed by atoms with Crippen molar-refractivity contribution in [3.05, 3.63) is 11.4 Å². The maximum absolute atomic E-state index is 8.67. The Kier molecular flexibility index (Phi) is 2.49. The Morgan fingerprint density at radius 1 is 1.50 bits per heavy atom. The standard InChI is InChI=1S/C10H14N4/c1-14-10(8-4-2-3-5-8)9(6-7-11)12-13-14/h8H,2-6H2,1H3. The van der Waals surface area contributed by atoms with E-state index in [-0.39, 0.29) is 0 Å². The lowest BCUT2D eigenvalue weighted by atomic mass is 10.0. The fraction of sp³-hybridized carbons (Fsp3) is 0.700. The molecule has 4 nitrogen and oxygen atoms in total. The summed E-state index contributed by atoms with van der Waals surface area (Å²) >= 11 is 0. The molecule has 1 fully saturated rings. The Hall–Kier alpha value is -1.37. The van der Waals surface area contributed by atoms with Crippen LogP contribution in [-0.4, -0.2) is 15.0 Å². The largest absolute Gasteiger partial charge is 0.252 e. The van der Waals surface area contributed by atoms with Crippen LogP contribution in [0.4, 0.5) is 0 Å². The van der Waals surface area contributed by atoms with Crippen molar-refractivity contribution in [1.29, 1.82) is 5.26 Å². The zero-order valence-electron chi connectivity index (χ0n) is 8.40. The molecule has 0 amide bonds.